The molecule has 1 aromatic carbocycles. The molecular formula is C14H19N3O. The third kappa shape index (κ3) is 3.34. The summed E-state index contributed by atoms with van der Waals surface area (Å²) in [7, 11) is 0. The standard InChI is InChI=1S/C14H19N3O/c1-2-12(15)7-13-9-17(10-16-13)8-11-3-5-14(18)6-4-11/h3-6,9-10,12,18H,2,7-8,15H2,1H3. The number of hydrogen-bond acceptors (Lipinski definition) is 3. The lowest BCUT2D eigenvalue weighted by atomic mass is 10.1. The maximum Gasteiger partial charge on any atom is 0.115 e. The molecule has 0 aliphatic heterocycles. The maximum absolute atomic E-state index is 9.22. The van der Waals surface area contributed by atoms with E-state index in [2.05, 4.69) is 11.9 Å². The second-order valence-corrected chi connectivity index (χ2v) is 4.58. The summed E-state index contributed by atoms with van der Waals surface area (Å²) in [4.78, 5) is 4.35. The van der Waals surface area contributed by atoms with Crippen LogP contribution >= 0.6 is 0 Å². The van der Waals surface area contributed by atoms with Gasteiger partial charge in [-0.3, -0.25) is 0 Å². The minimum Gasteiger partial charge on any atom is -0.508 e. The number of benzene rings is 1. The van der Waals surface area contributed by atoms with E-state index in [1.165, 1.54) is 0 Å². The second kappa shape index (κ2) is 5.69. The Morgan fingerprint density at radius 2 is 2.06 bits per heavy atom. The van der Waals surface area contributed by atoms with Crippen molar-refractivity contribution in [3.05, 3.63) is 48.0 Å². The Kier molecular flexibility index (Phi) is 3.99. The van der Waals surface area contributed by atoms with Crippen LogP contribution in [0.1, 0.15) is 24.6 Å². The average Bonchev–Trinajstić information content (AvgIpc) is 2.79. The van der Waals surface area contributed by atoms with Gasteiger partial charge in [-0.05, 0) is 24.1 Å². The van der Waals surface area contributed by atoms with Crippen LogP contribution in [0.2, 0.25) is 0 Å². The van der Waals surface area contributed by atoms with Gasteiger partial charge in [-0.1, -0.05) is 19.1 Å². The number of phenols is 1. The average molecular weight is 245 g/mol. The molecule has 18 heavy (non-hydrogen) atoms. The van der Waals surface area contributed by atoms with Crippen LogP contribution in [-0.2, 0) is 13.0 Å². The summed E-state index contributed by atoms with van der Waals surface area (Å²) in [6, 6.07) is 7.39. The summed E-state index contributed by atoms with van der Waals surface area (Å²) in [6.07, 6.45) is 5.64. The topological polar surface area (TPSA) is 64.1 Å². The number of hydrogen-bond donors (Lipinski definition) is 2. The Bertz CT molecular complexity index is 490. The Hall–Kier alpha value is -1.81. The van der Waals surface area contributed by atoms with Gasteiger partial charge in [0.1, 0.15) is 5.75 Å². The zero-order valence-corrected chi connectivity index (χ0v) is 10.6. The van der Waals surface area contributed by atoms with E-state index in [9.17, 15) is 5.11 Å². The molecule has 0 saturated carbocycles. The molecule has 0 aliphatic rings. The van der Waals surface area contributed by atoms with Gasteiger partial charge in [-0.25, -0.2) is 4.98 Å². The minimum absolute atomic E-state index is 0.182. The Labute approximate surface area is 107 Å². The molecule has 0 spiro atoms. The molecule has 1 atom stereocenters. The third-order valence-electron chi connectivity index (χ3n) is 2.98. The fourth-order valence-corrected chi connectivity index (χ4v) is 1.82. The zero-order valence-electron chi connectivity index (χ0n) is 10.6. The van der Waals surface area contributed by atoms with Crippen LogP contribution in [-0.4, -0.2) is 20.7 Å². The molecule has 2 aromatic rings. The number of nitrogens with zero attached hydrogens (tertiary/aromatic N) is 2. The van der Waals surface area contributed by atoms with Crippen LogP contribution in [0.5, 0.6) is 5.75 Å². The summed E-state index contributed by atoms with van der Waals surface area (Å²) < 4.78 is 2.03. The van der Waals surface area contributed by atoms with E-state index in [1.807, 2.05) is 29.2 Å². The third-order valence-corrected chi connectivity index (χ3v) is 2.98. The molecule has 1 unspecified atom stereocenters. The van der Waals surface area contributed by atoms with Crippen molar-refractivity contribution in [2.24, 2.45) is 5.73 Å². The quantitative estimate of drug-likeness (QED) is 0.845. The number of rotatable bonds is 5. The van der Waals surface area contributed by atoms with E-state index in [0.29, 0.717) is 5.75 Å². The lowest BCUT2D eigenvalue weighted by molar-refractivity contribution is 0.475. The monoisotopic (exact) mass is 245 g/mol. The van der Waals surface area contributed by atoms with Crippen LogP contribution in [0.4, 0.5) is 0 Å². The van der Waals surface area contributed by atoms with Gasteiger partial charge in [0.25, 0.3) is 0 Å². The first-order chi connectivity index (χ1) is 8.67. The minimum atomic E-state index is 0.182. The molecule has 0 fully saturated rings. The van der Waals surface area contributed by atoms with Gasteiger partial charge in [0.15, 0.2) is 0 Å². The van der Waals surface area contributed by atoms with Crippen molar-refractivity contribution in [2.45, 2.75) is 32.4 Å². The molecule has 0 bridgehead atoms. The summed E-state index contributed by atoms with van der Waals surface area (Å²) in [5.74, 6) is 0.291. The first-order valence-corrected chi connectivity index (χ1v) is 6.21. The van der Waals surface area contributed by atoms with Crippen LogP contribution in [0, 0.1) is 0 Å². The van der Waals surface area contributed by atoms with E-state index in [0.717, 1.165) is 30.6 Å². The van der Waals surface area contributed by atoms with Gasteiger partial charge in [-0.15, -0.1) is 0 Å². The number of aromatic hydroxyl groups is 1. The van der Waals surface area contributed by atoms with Crippen molar-refractivity contribution in [3.63, 3.8) is 0 Å². The Morgan fingerprint density at radius 3 is 2.72 bits per heavy atom. The Balaban J connectivity index is 2.00. The first-order valence-electron chi connectivity index (χ1n) is 6.21. The lowest BCUT2D eigenvalue weighted by Gasteiger charge is -2.05. The molecule has 0 radical (unpaired) electrons. The molecule has 0 saturated heterocycles. The summed E-state index contributed by atoms with van der Waals surface area (Å²) >= 11 is 0. The predicted molar refractivity (Wildman–Crippen MR) is 71.4 cm³/mol. The number of imidazole rings is 1. The first kappa shape index (κ1) is 12.6. The SMILES string of the molecule is CCC(N)Cc1cn(Cc2ccc(O)cc2)cn1. The molecule has 4 nitrogen and oxygen atoms in total. The predicted octanol–water partition coefficient (Wildman–Crippen LogP) is 1.92. The molecule has 96 valence electrons. The highest BCUT2D eigenvalue weighted by molar-refractivity contribution is 5.26. The molecule has 1 heterocycles. The molecule has 2 rings (SSSR count). The molecule has 0 aliphatic carbocycles. The highest BCUT2D eigenvalue weighted by Gasteiger charge is 2.04. The molecule has 1 aromatic heterocycles. The molecule has 3 N–H and O–H groups in total. The van der Waals surface area contributed by atoms with E-state index in [4.69, 9.17) is 5.73 Å². The van der Waals surface area contributed by atoms with Crippen molar-refractivity contribution >= 4 is 0 Å². The van der Waals surface area contributed by atoms with Gasteiger partial charge in [-0.2, -0.15) is 0 Å². The van der Waals surface area contributed by atoms with Crippen molar-refractivity contribution in [3.8, 4) is 5.75 Å². The van der Waals surface area contributed by atoms with Gasteiger partial charge < -0.3 is 15.4 Å². The lowest BCUT2D eigenvalue weighted by Crippen LogP contribution is -2.21. The van der Waals surface area contributed by atoms with E-state index in [1.54, 1.807) is 12.1 Å². The number of aromatic nitrogens is 2. The van der Waals surface area contributed by atoms with E-state index >= 15 is 0 Å². The summed E-state index contributed by atoms with van der Waals surface area (Å²) in [5, 5.41) is 9.22. The summed E-state index contributed by atoms with van der Waals surface area (Å²) in [5.41, 5.74) is 8.07. The largest absolute Gasteiger partial charge is 0.508 e. The normalized spacial score (nSPS) is 12.6. The molecular weight excluding hydrogens is 226 g/mol. The van der Waals surface area contributed by atoms with Crippen LogP contribution < -0.4 is 5.73 Å². The Morgan fingerprint density at radius 1 is 1.33 bits per heavy atom. The maximum atomic E-state index is 9.22. The van der Waals surface area contributed by atoms with Crippen LogP contribution in [0.3, 0.4) is 0 Å². The molecule has 0 amide bonds. The van der Waals surface area contributed by atoms with Gasteiger partial charge in [0, 0.05) is 25.2 Å². The number of nitrogens with two attached hydrogens (primary N) is 1. The van der Waals surface area contributed by atoms with Crippen molar-refractivity contribution in [2.75, 3.05) is 0 Å². The fraction of sp³-hybridized carbons (Fsp3) is 0.357. The fourth-order valence-electron chi connectivity index (χ4n) is 1.82. The van der Waals surface area contributed by atoms with Crippen molar-refractivity contribution in [1.82, 2.24) is 9.55 Å². The smallest absolute Gasteiger partial charge is 0.115 e. The molecule has 4 heteroatoms. The van der Waals surface area contributed by atoms with Crippen LogP contribution in [0.25, 0.3) is 0 Å². The van der Waals surface area contributed by atoms with Gasteiger partial charge >= 0.3 is 0 Å². The van der Waals surface area contributed by atoms with Crippen molar-refractivity contribution in [1.29, 1.82) is 0 Å². The van der Waals surface area contributed by atoms with Crippen molar-refractivity contribution < 1.29 is 5.11 Å². The van der Waals surface area contributed by atoms with E-state index < -0.39 is 0 Å². The second-order valence-electron chi connectivity index (χ2n) is 4.58. The van der Waals surface area contributed by atoms with Crippen LogP contribution in [0.15, 0.2) is 36.8 Å². The number of phenolic OH excluding ortho intramolecular Hbond substituents is 1. The highest BCUT2D eigenvalue weighted by atomic mass is 16.3. The van der Waals surface area contributed by atoms with Gasteiger partial charge in [0.2, 0.25) is 0 Å². The van der Waals surface area contributed by atoms with E-state index in [-0.39, 0.29) is 6.04 Å². The highest BCUT2D eigenvalue weighted by Crippen LogP contribution is 2.11. The summed E-state index contributed by atoms with van der Waals surface area (Å²) in [6.45, 7) is 2.84. The van der Waals surface area contributed by atoms with Gasteiger partial charge in [0.05, 0.1) is 12.0 Å². The zero-order chi connectivity index (χ0) is 13.0.